The summed E-state index contributed by atoms with van der Waals surface area (Å²) in [5, 5.41) is 0.644. The van der Waals surface area contributed by atoms with Gasteiger partial charge in [-0.1, -0.05) is 11.8 Å². The number of aromatic nitrogens is 2. The van der Waals surface area contributed by atoms with Crippen LogP contribution in [0, 0.1) is 0 Å². The normalized spacial score (nSPS) is 10.2. The van der Waals surface area contributed by atoms with Gasteiger partial charge in [-0.2, -0.15) is 0 Å². The Morgan fingerprint density at radius 1 is 1.31 bits per heavy atom. The molecule has 0 bridgehead atoms. The Morgan fingerprint density at radius 3 is 2.46 bits per heavy atom. The van der Waals surface area contributed by atoms with Gasteiger partial charge in [-0.3, -0.25) is 0 Å². The molecular formula is C7H14N5S+. The number of anilines is 2. The standard InChI is InChI=1S/C7H13N5S/c8-2-1-3-13-7-11-5(9)4-6(10)12-7/h4H,1-3,8H2,(H4,9,10,11,12)/p+1. The fourth-order valence-corrected chi connectivity index (χ4v) is 1.66. The van der Waals surface area contributed by atoms with Gasteiger partial charge >= 0.3 is 0 Å². The van der Waals surface area contributed by atoms with E-state index in [1.165, 1.54) is 0 Å². The predicted molar refractivity (Wildman–Crippen MR) is 54.0 cm³/mol. The third-order valence-electron chi connectivity index (χ3n) is 1.37. The van der Waals surface area contributed by atoms with E-state index in [4.69, 9.17) is 11.5 Å². The van der Waals surface area contributed by atoms with E-state index >= 15 is 0 Å². The average molecular weight is 200 g/mol. The summed E-state index contributed by atoms with van der Waals surface area (Å²) in [6.07, 6.45) is 1.04. The van der Waals surface area contributed by atoms with Gasteiger partial charge in [-0.15, -0.1) is 0 Å². The summed E-state index contributed by atoms with van der Waals surface area (Å²) in [5.74, 6) is 1.79. The van der Waals surface area contributed by atoms with Gasteiger partial charge in [0, 0.05) is 18.2 Å². The molecule has 13 heavy (non-hydrogen) atoms. The van der Waals surface area contributed by atoms with E-state index in [1.807, 2.05) is 0 Å². The molecule has 0 saturated carbocycles. The van der Waals surface area contributed by atoms with Crippen molar-refractivity contribution < 1.29 is 5.73 Å². The first-order valence-electron chi connectivity index (χ1n) is 4.04. The Labute approximate surface area is 81.1 Å². The zero-order valence-corrected chi connectivity index (χ0v) is 8.18. The summed E-state index contributed by atoms with van der Waals surface area (Å²) in [7, 11) is 0. The van der Waals surface area contributed by atoms with Crippen molar-refractivity contribution in [3.8, 4) is 0 Å². The minimum Gasteiger partial charge on any atom is -0.383 e. The maximum Gasteiger partial charge on any atom is 0.191 e. The summed E-state index contributed by atoms with van der Waals surface area (Å²) in [4.78, 5) is 8.07. The first-order valence-corrected chi connectivity index (χ1v) is 5.03. The summed E-state index contributed by atoms with van der Waals surface area (Å²) in [6, 6.07) is 1.55. The van der Waals surface area contributed by atoms with Gasteiger partial charge in [0.05, 0.1) is 6.54 Å². The van der Waals surface area contributed by atoms with Crippen LogP contribution in [0.15, 0.2) is 11.2 Å². The largest absolute Gasteiger partial charge is 0.383 e. The molecule has 1 aromatic heterocycles. The van der Waals surface area contributed by atoms with Gasteiger partial charge in [0.2, 0.25) is 0 Å². The average Bonchev–Trinajstić information content (AvgIpc) is 2.03. The van der Waals surface area contributed by atoms with E-state index in [9.17, 15) is 0 Å². The highest BCUT2D eigenvalue weighted by atomic mass is 32.2. The van der Waals surface area contributed by atoms with Crippen LogP contribution < -0.4 is 17.2 Å². The van der Waals surface area contributed by atoms with E-state index < -0.39 is 0 Å². The topological polar surface area (TPSA) is 105 Å². The van der Waals surface area contributed by atoms with E-state index in [0.29, 0.717) is 16.8 Å². The van der Waals surface area contributed by atoms with Crippen molar-refractivity contribution in [1.29, 1.82) is 0 Å². The first-order chi connectivity index (χ1) is 6.22. The van der Waals surface area contributed by atoms with Crippen LogP contribution in [-0.2, 0) is 0 Å². The second kappa shape index (κ2) is 4.88. The zero-order valence-electron chi connectivity index (χ0n) is 7.36. The second-order valence-electron chi connectivity index (χ2n) is 2.56. The zero-order chi connectivity index (χ0) is 9.68. The number of thioether (sulfide) groups is 1. The minimum atomic E-state index is 0.421. The van der Waals surface area contributed by atoms with Crippen LogP contribution >= 0.6 is 11.8 Å². The van der Waals surface area contributed by atoms with Crippen LogP contribution in [0.1, 0.15) is 6.42 Å². The molecule has 0 aliphatic rings. The number of nitrogens with two attached hydrogens (primary N) is 2. The lowest BCUT2D eigenvalue weighted by molar-refractivity contribution is -0.367. The van der Waals surface area contributed by atoms with Crippen molar-refractivity contribution in [3.05, 3.63) is 6.07 Å². The van der Waals surface area contributed by atoms with Crippen LogP contribution in [0.4, 0.5) is 11.6 Å². The van der Waals surface area contributed by atoms with Gasteiger partial charge in [-0.05, 0) is 0 Å². The first kappa shape index (κ1) is 10.1. The van der Waals surface area contributed by atoms with Crippen LogP contribution in [-0.4, -0.2) is 22.3 Å². The Morgan fingerprint density at radius 2 is 1.92 bits per heavy atom. The fourth-order valence-electron chi connectivity index (χ4n) is 0.792. The van der Waals surface area contributed by atoms with Crippen LogP contribution in [0.3, 0.4) is 0 Å². The highest BCUT2D eigenvalue weighted by Crippen LogP contribution is 2.16. The number of hydrogen-bond donors (Lipinski definition) is 3. The van der Waals surface area contributed by atoms with Crippen molar-refractivity contribution in [2.24, 2.45) is 0 Å². The maximum atomic E-state index is 5.51. The van der Waals surface area contributed by atoms with E-state index in [0.717, 1.165) is 18.7 Å². The molecule has 0 amide bonds. The summed E-state index contributed by atoms with van der Waals surface area (Å²) < 4.78 is 0. The van der Waals surface area contributed by atoms with Crippen molar-refractivity contribution in [3.63, 3.8) is 0 Å². The predicted octanol–water partition coefficient (Wildman–Crippen LogP) is -0.635. The van der Waals surface area contributed by atoms with Crippen LogP contribution in [0.2, 0.25) is 0 Å². The molecule has 0 aromatic carbocycles. The van der Waals surface area contributed by atoms with Gasteiger partial charge in [0.1, 0.15) is 11.6 Å². The fraction of sp³-hybridized carbons (Fsp3) is 0.429. The van der Waals surface area contributed by atoms with Crippen molar-refractivity contribution in [1.82, 2.24) is 9.97 Å². The van der Waals surface area contributed by atoms with Gasteiger partial charge in [0.25, 0.3) is 0 Å². The molecule has 1 rings (SSSR count). The number of nitrogen functional groups attached to an aromatic ring is 2. The van der Waals surface area contributed by atoms with E-state index in [-0.39, 0.29) is 0 Å². The molecule has 5 nitrogen and oxygen atoms in total. The minimum absolute atomic E-state index is 0.421. The third-order valence-corrected chi connectivity index (χ3v) is 2.30. The maximum absolute atomic E-state index is 5.51. The molecule has 0 fully saturated rings. The summed E-state index contributed by atoms with van der Waals surface area (Å²) in [6.45, 7) is 0.921. The number of rotatable bonds is 4. The molecule has 1 aromatic rings. The lowest BCUT2D eigenvalue weighted by Gasteiger charge is -2.00. The van der Waals surface area contributed by atoms with Gasteiger partial charge in [0.15, 0.2) is 5.16 Å². The molecular weight excluding hydrogens is 186 g/mol. The number of quaternary nitrogens is 1. The molecule has 0 unspecified atom stereocenters. The van der Waals surface area contributed by atoms with Gasteiger partial charge < -0.3 is 17.2 Å². The molecule has 0 spiro atoms. The Balaban J connectivity index is 2.56. The smallest absolute Gasteiger partial charge is 0.191 e. The summed E-state index contributed by atoms with van der Waals surface area (Å²) in [5.41, 5.74) is 14.8. The van der Waals surface area contributed by atoms with Crippen LogP contribution in [0.25, 0.3) is 0 Å². The number of hydrogen-bond acceptors (Lipinski definition) is 5. The van der Waals surface area contributed by atoms with Crippen LogP contribution in [0.5, 0.6) is 0 Å². The molecule has 1 heterocycles. The Hall–Kier alpha value is -1.01. The quantitative estimate of drug-likeness (QED) is 0.341. The highest BCUT2D eigenvalue weighted by molar-refractivity contribution is 7.99. The van der Waals surface area contributed by atoms with Crippen molar-refractivity contribution in [2.75, 3.05) is 23.8 Å². The van der Waals surface area contributed by atoms with Crippen molar-refractivity contribution in [2.45, 2.75) is 11.6 Å². The molecule has 0 aliphatic heterocycles. The Kier molecular flexibility index (Phi) is 3.78. The second-order valence-corrected chi connectivity index (χ2v) is 3.62. The molecule has 7 N–H and O–H groups in total. The molecule has 72 valence electrons. The van der Waals surface area contributed by atoms with E-state index in [1.54, 1.807) is 17.8 Å². The molecule has 0 saturated heterocycles. The molecule has 0 atom stereocenters. The third kappa shape index (κ3) is 3.47. The lowest BCUT2D eigenvalue weighted by Crippen LogP contribution is -2.50. The molecule has 6 heteroatoms. The molecule has 0 radical (unpaired) electrons. The highest BCUT2D eigenvalue weighted by Gasteiger charge is 2.00. The monoisotopic (exact) mass is 200 g/mol. The SMILES string of the molecule is Nc1cc(N)nc(SCCC[NH3+])n1. The number of nitrogens with zero attached hydrogens (tertiary/aromatic N) is 2. The van der Waals surface area contributed by atoms with E-state index in [2.05, 4.69) is 15.7 Å². The lowest BCUT2D eigenvalue weighted by atomic mass is 10.5. The Bertz CT molecular complexity index is 257. The summed E-state index contributed by atoms with van der Waals surface area (Å²) >= 11 is 1.55. The van der Waals surface area contributed by atoms with Crippen molar-refractivity contribution >= 4 is 23.4 Å². The molecule has 0 aliphatic carbocycles. The van der Waals surface area contributed by atoms with Gasteiger partial charge in [-0.25, -0.2) is 9.97 Å².